The molecule has 1 N–H and O–H groups in total. The fourth-order valence-corrected chi connectivity index (χ4v) is 2.18. The highest BCUT2D eigenvalue weighted by Crippen LogP contribution is 2.19. The predicted molar refractivity (Wildman–Crippen MR) is 78.5 cm³/mol. The number of rotatable bonds is 4. The van der Waals surface area contributed by atoms with Gasteiger partial charge in [-0.15, -0.1) is 0 Å². The van der Waals surface area contributed by atoms with Crippen molar-refractivity contribution in [3.8, 4) is 0 Å². The summed E-state index contributed by atoms with van der Waals surface area (Å²) in [5.74, 6) is 0.923. The molecule has 0 aliphatic heterocycles. The Hall–Kier alpha value is -1.58. The Morgan fingerprint density at radius 3 is 2.47 bits per heavy atom. The van der Waals surface area contributed by atoms with Crippen LogP contribution in [0.3, 0.4) is 0 Å². The van der Waals surface area contributed by atoms with Gasteiger partial charge in [0.25, 0.3) is 0 Å². The number of aliphatic hydroxyl groups is 1. The summed E-state index contributed by atoms with van der Waals surface area (Å²) >= 11 is 5.87. The minimum atomic E-state index is 0.0228. The number of hydrogen-bond donors (Lipinski definition) is 1. The molecule has 0 unspecified atom stereocenters. The van der Waals surface area contributed by atoms with Crippen LogP contribution >= 0.6 is 11.6 Å². The van der Waals surface area contributed by atoms with Gasteiger partial charge in [0.1, 0.15) is 5.82 Å². The number of nitrogens with zero attached hydrogens (tertiary/aromatic N) is 2. The summed E-state index contributed by atoms with van der Waals surface area (Å²) in [7, 11) is 2.00. The van der Waals surface area contributed by atoms with E-state index in [-0.39, 0.29) is 6.61 Å². The van der Waals surface area contributed by atoms with E-state index in [1.54, 1.807) is 6.20 Å². The van der Waals surface area contributed by atoms with Crippen LogP contribution in [-0.4, -0.2) is 17.1 Å². The molecule has 0 fully saturated rings. The molecule has 1 aromatic heterocycles. The Kier molecular flexibility index (Phi) is 4.40. The number of aromatic nitrogens is 1. The first-order chi connectivity index (χ1) is 9.10. The van der Waals surface area contributed by atoms with Gasteiger partial charge in [0, 0.05) is 24.8 Å². The quantitative estimate of drug-likeness (QED) is 0.932. The molecule has 0 aliphatic rings. The molecule has 0 saturated carbocycles. The number of halogens is 1. The lowest BCUT2D eigenvalue weighted by molar-refractivity contribution is 0.281. The lowest BCUT2D eigenvalue weighted by Crippen LogP contribution is -2.18. The molecule has 3 nitrogen and oxygen atoms in total. The average molecular weight is 277 g/mol. The van der Waals surface area contributed by atoms with E-state index in [1.807, 2.05) is 44.3 Å². The third-order valence-electron chi connectivity index (χ3n) is 2.98. The normalized spacial score (nSPS) is 10.5. The molecule has 2 rings (SSSR count). The van der Waals surface area contributed by atoms with E-state index in [1.165, 1.54) is 5.56 Å². The van der Waals surface area contributed by atoms with Crippen LogP contribution in [0.15, 0.2) is 36.5 Å². The third kappa shape index (κ3) is 3.46. The predicted octanol–water partition coefficient (Wildman–Crippen LogP) is 3.17. The maximum Gasteiger partial charge on any atom is 0.131 e. The standard InChI is InChI=1S/C15H17ClN2O/c1-11-7-13(10-19)8-17-15(11)18(2)9-12-3-5-14(16)6-4-12/h3-8,19H,9-10H2,1-2H3. The zero-order chi connectivity index (χ0) is 13.8. The number of aliphatic hydroxyl groups excluding tert-OH is 1. The van der Waals surface area contributed by atoms with Crippen molar-refractivity contribution in [2.45, 2.75) is 20.1 Å². The molecular formula is C15H17ClN2O. The summed E-state index contributed by atoms with van der Waals surface area (Å²) in [5, 5.41) is 9.83. The lowest BCUT2D eigenvalue weighted by atomic mass is 10.2. The molecule has 100 valence electrons. The Bertz CT molecular complexity index is 555. The van der Waals surface area contributed by atoms with Crippen molar-refractivity contribution in [2.75, 3.05) is 11.9 Å². The van der Waals surface area contributed by atoms with Crippen LogP contribution in [0.5, 0.6) is 0 Å². The summed E-state index contributed by atoms with van der Waals surface area (Å²) in [6.07, 6.45) is 1.71. The number of aryl methyl sites for hydroxylation is 1. The molecule has 0 bridgehead atoms. The van der Waals surface area contributed by atoms with E-state index in [2.05, 4.69) is 9.88 Å². The van der Waals surface area contributed by atoms with Crippen LogP contribution in [-0.2, 0) is 13.2 Å². The number of pyridine rings is 1. The maximum atomic E-state index is 9.09. The fourth-order valence-electron chi connectivity index (χ4n) is 2.05. The van der Waals surface area contributed by atoms with E-state index in [0.717, 1.165) is 28.5 Å². The summed E-state index contributed by atoms with van der Waals surface area (Å²) in [6.45, 7) is 2.79. The van der Waals surface area contributed by atoms with E-state index in [4.69, 9.17) is 16.7 Å². The van der Waals surface area contributed by atoms with E-state index < -0.39 is 0 Å². The monoisotopic (exact) mass is 276 g/mol. The van der Waals surface area contributed by atoms with Gasteiger partial charge in [0.2, 0.25) is 0 Å². The molecular weight excluding hydrogens is 260 g/mol. The molecule has 0 aliphatic carbocycles. The van der Waals surface area contributed by atoms with Crippen molar-refractivity contribution in [3.05, 3.63) is 58.2 Å². The van der Waals surface area contributed by atoms with Crippen molar-refractivity contribution in [3.63, 3.8) is 0 Å². The van der Waals surface area contributed by atoms with Crippen LogP contribution in [0, 0.1) is 6.92 Å². The number of hydrogen-bond acceptors (Lipinski definition) is 3. The zero-order valence-corrected chi connectivity index (χ0v) is 11.9. The van der Waals surface area contributed by atoms with Gasteiger partial charge in [-0.1, -0.05) is 23.7 Å². The van der Waals surface area contributed by atoms with Gasteiger partial charge < -0.3 is 10.0 Å². The smallest absolute Gasteiger partial charge is 0.131 e. The Morgan fingerprint density at radius 2 is 1.89 bits per heavy atom. The van der Waals surface area contributed by atoms with Crippen LogP contribution in [0.4, 0.5) is 5.82 Å². The third-order valence-corrected chi connectivity index (χ3v) is 3.24. The second kappa shape index (κ2) is 6.04. The zero-order valence-electron chi connectivity index (χ0n) is 11.1. The largest absolute Gasteiger partial charge is 0.392 e. The lowest BCUT2D eigenvalue weighted by Gasteiger charge is -2.20. The van der Waals surface area contributed by atoms with E-state index >= 15 is 0 Å². The molecule has 2 aromatic rings. The van der Waals surface area contributed by atoms with Gasteiger partial charge in [0.15, 0.2) is 0 Å². The minimum Gasteiger partial charge on any atom is -0.392 e. The molecule has 0 spiro atoms. The number of anilines is 1. The van der Waals surface area contributed by atoms with Crippen LogP contribution in [0.25, 0.3) is 0 Å². The van der Waals surface area contributed by atoms with Gasteiger partial charge in [0.05, 0.1) is 6.61 Å². The molecule has 0 saturated heterocycles. The van der Waals surface area contributed by atoms with Gasteiger partial charge in [-0.25, -0.2) is 4.98 Å². The Morgan fingerprint density at radius 1 is 1.21 bits per heavy atom. The van der Waals surface area contributed by atoms with Gasteiger partial charge in [-0.2, -0.15) is 0 Å². The molecule has 0 atom stereocenters. The summed E-state index contributed by atoms with van der Waals surface area (Å²) in [4.78, 5) is 6.49. The molecule has 4 heteroatoms. The first-order valence-corrected chi connectivity index (χ1v) is 6.50. The van der Waals surface area contributed by atoms with E-state index in [9.17, 15) is 0 Å². The van der Waals surface area contributed by atoms with Crippen molar-refractivity contribution < 1.29 is 5.11 Å². The SMILES string of the molecule is Cc1cc(CO)cnc1N(C)Cc1ccc(Cl)cc1. The van der Waals surface area contributed by atoms with Crippen molar-refractivity contribution in [2.24, 2.45) is 0 Å². The van der Waals surface area contributed by atoms with Crippen LogP contribution in [0.1, 0.15) is 16.7 Å². The van der Waals surface area contributed by atoms with Gasteiger partial charge >= 0.3 is 0 Å². The highest BCUT2D eigenvalue weighted by molar-refractivity contribution is 6.30. The first-order valence-electron chi connectivity index (χ1n) is 6.12. The molecule has 0 amide bonds. The topological polar surface area (TPSA) is 36.4 Å². The first kappa shape index (κ1) is 13.8. The highest BCUT2D eigenvalue weighted by atomic mass is 35.5. The average Bonchev–Trinajstić information content (AvgIpc) is 2.41. The Labute approximate surface area is 118 Å². The summed E-state index contributed by atoms with van der Waals surface area (Å²) in [6, 6.07) is 9.76. The van der Waals surface area contributed by atoms with Crippen molar-refractivity contribution >= 4 is 17.4 Å². The maximum absolute atomic E-state index is 9.09. The second-order valence-electron chi connectivity index (χ2n) is 4.62. The number of benzene rings is 1. The van der Waals surface area contributed by atoms with Crippen molar-refractivity contribution in [1.82, 2.24) is 4.98 Å². The molecule has 1 aromatic carbocycles. The van der Waals surface area contributed by atoms with E-state index in [0.29, 0.717) is 0 Å². The highest BCUT2D eigenvalue weighted by Gasteiger charge is 2.07. The fraction of sp³-hybridized carbons (Fsp3) is 0.267. The van der Waals surface area contributed by atoms with Crippen molar-refractivity contribution in [1.29, 1.82) is 0 Å². The van der Waals surface area contributed by atoms with Crippen LogP contribution < -0.4 is 4.90 Å². The van der Waals surface area contributed by atoms with Gasteiger partial charge in [-0.05, 0) is 41.8 Å². The van der Waals surface area contributed by atoms with Gasteiger partial charge in [-0.3, -0.25) is 0 Å². The molecule has 0 radical (unpaired) electrons. The summed E-state index contributed by atoms with van der Waals surface area (Å²) in [5.41, 5.74) is 3.07. The van der Waals surface area contributed by atoms with Crippen LogP contribution in [0.2, 0.25) is 5.02 Å². The Balaban J connectivity index is 2.15. The summed E-state index contributed by atoms with van der Waals surface area (Å²) < 4.78 is 0. The second-order valence-corrected chi connectivity index (χ2v) is 5.06. The minimum absolute atomic E-state index is 0.0228. The molecule has 19 heavy (non-hydrogen) atoms. The molecule has 1 heterocycles.